The lowest BCUT2D eigenvalue weighted by Crippen LogP contribution is -2.41. The van der Waals surface area contributed by atoms with Crippen molar-refractivity contribution in [1.29, 1.82) is 0 Å². The highest BCUT2D eigenvalue weighted by Crippen LogP contribution is 2.37. The van der Waals surface area contributed by atoms with E-state index >= 15 is 0 Å². The van der Waals surface area contributed by atoms with Crippen molar-refractivity contribution in [3.63, 3.8) is 0 Å². The average Bonchev–Trinajstić information content (AvgIpc) is 2.85. The van der Waals surface area contributed by atoms with Crippen LogP contribution in [0.4, 0.5) is 4.39 Å². The fraction of sp³-hybridized carbons (Fsp3) is 0.276. The average molecular weight is 559 g/mol. The van der Waals surface area contributed by atoms with Crippen molar-refractivity contribution in [2.24, 2.45) is 0 Å². The van der Waals surface area contributed by atoms with Crippen molar-refractivity contribution >= 4 is 45.7 Å². The third-order valence-electron chi connectivity index (χ3n) is 7.15. The van der Waals surface area contributed by atoms with E-state index in [2.05, 4.69) is 30.0 Å². The normalized spacial score (nSPS) is 15.1. The first kappa shape index (κ1) is 26.2. The maximum absolute atomic E-state index is 13.9. The van der Waals surface area contributed by atoms with Gasteiger partial charge in [-0.05, 0) is 99.7 Å². The minimum Gasteiger partial charge on any atom is -0.306 e. The number of halogens is 4. The first-order chi connectivity index (χ1) is 17.7. The van der Waals surface area contributed by atoms with Crippen LogP contribution in [0, 0.1) is 5.82 Å². The van der Waals surface area contributed by atoms with Crippen molar-refractivity contribution in [2.45, 2.75) is 25.4 Å². The molecule has 8 heteroatoms. The quantitative estimate of drug-likeness (QED) is 0.258. The van der Waals surface area contributed by atoms with Gasteiger partial charge in [-0.15, -0.1) is 0 Å². The molecule has 1 saturated heterocycles. The molecule has 0 radical (unpaired) electrons. The molecule has 4 nitrogen and oxygen atoms in total. The number of hydrogen-bond donors (Lipinski definition) is 0. The molecule has 0 bridgehead atoms. The summed E-state index contributed by atoms with van der Waals surface area (Å²) in [5, 5.41) is 1.84. The second kappa shape index (κ2) is 10.8. The Balaban J connectivity index is 1.71. The van der Waals surface area contributed by atoms with Crippen molar-refractivity contribution in [1.82, 2.24) is 14.4 Å². The van der Waals surface area contributed by atoms with Gasteiger partial charge in [0.25, 0.3) is 5.56 Å². The molecule has 0 unspecified atom stereocenters. The fourth-order valence-electron chi connectivity index (χ4n) is 5.21. The second-order valence-electron chi connectivity index (χ2n) is 9.75. The standard InChI is InChI=1S/C29H27Cl3FN3O/c1-34(2)20-10-12-35(13-11-20)17-18-14-23(21-7-6-19(33)16-26(21)32)22-8-9-28(37)36(27(22)15-18)29-24(30)4-3-5-25(29)31/h3-9,14-16,20H,10-13,17H2,1-2H3. The Kier molecular flexibility index (Phi) is 7.62. The van der Waals surface area contributed by atoms with E-state index < -0.39 is 5.82 Å². The van der Waals surface area contributed by atoms with Crippen LogP contribution in [0.2, 0.25) is 15.1 Å². The Bertz CT molecular complexity index is 1510. The summed E-state index contributed by atoms with van der Waals surface area (Å²) in [7, 11) is 4.25. The molecule has 37 heavy (non-hydrogen) atoms. The van der Waals surface area contributed by atoms with Gasteiger partial charge >= 0.3 is 0 Å². The minimum atomic E-state index is -0.405. The summed E-state index contributed by atoms with van der Waals surface area (Å²) in [6.07, 6.45) is 2.19. The summed E-state index contributed by atoms with van der Waals surface area (Å²) < 4.78 is 15.5. The van der Waals surface area contributed by atoms with E-state index in [-0.39, 0.29) is 5.56 Å². The summed E-state index contributed by atoms with van der Waals surface area (Å²) in [4.78, 5) is 18.0. The van der Waals surface area contributed by atoms with Crippen molar-refractivity contribution in [3.05, 3.63) is 97.5 Å². The van der Waals surface area contributed by atoms with Gasteiger partial charge in [-0.2, -0.15) is 0 Å². The Morgan fingerprint density at radius 1 is 0.892 bits per heavy atom. The van der Waals surface area contributed by atoms with E-state index in [1.54, 1.807) is 34.9 Å². The molecule has 0 atom stereocenters. The molecule has 192 valence electrons. The van der Waals surface area contributed by atoms with Gasteiger partial charge in [0.2, 0.25) is 0 Å². The Hall–Kier alpha value is -2.41. The molecule has 0 N–H and O–H groups in total. The number of fused-ring (bicyclic) bond motifs is 1. The van der Waals surface area contributed by atoms with Crippen LogP contribution >= 0.6 is 34.8 Å². The van der Waals surface area contributed by atoms with Crippen LogP contribution in [0.5, 0.6) is 0 Å². The molecule has 0 amide bonds. The third-order valence-corrected chi connectivity index (χ3v) is 8.07. The zero-order valence-corrected chi connectivity index (χ0v) is 22.9. The van der Waals surface area contributed by atoms with Gasteiger partial charge in [0.15, 0.2) is 0 Å². The first-order valence-corrected chi connectivity index (χ1v) is 13.3. The lowest BCUT2D eigenvalue weighted by atomic mass is 9.96. The number of aromatic nitrogens is 1. The van der Waals surface area contributed by atoms with Gasteiger partial charge < -0.3 is 4.90 Å². The highest BCUT2D eigenvalue weighted by Gasteiger charge is 2.22. The maximum atomic E-state index is 13.9. The van der Waals surface area contributed by atoms with E-state index in [0.717, 1.165) is 42.4 Å². The van der Waals surface area contributed by atoms with E-state index in [4.69, 9.17) is 34.8 Å². The van der Waals surface area contributed by atoms with E-state index in [9.17, 15) is 9.18 Å². The second-order valence-corrected chi connectivity index (χ2v) is 11.0. The molecule has 3 aromatic carbocycles. The van der Waals surface area contributed by atoms with Crippen molar-refractivity contribution < 1.29 is 4.39 Å². The van der Waals surface area contributed by atoms with Crippen LogP contribution < -0.4 is 5.56 Å². The van der Waals surface area contributed by atoms with Gasteiger partial charge in [0, 0.05) is 29.6 Å². The fourth-order valence-corrected chi connectivity index (χ4v) is 6.05. The number of hydrogen-bond acceptors (Lipinski definition) is 3. The largest absolute Gasteiger partial charge is 0.306 e. The molecule has 5 rings (SSSR count). The number of rotatable bonds is 5. The summed E-state index contributed by atoms with van der Waals surface area (Å²) in [5.41, 5.74) is 3.38. The van der Waals surface area contributed by atoms with Crippen molar-refractivity contribution in [3.8, 4) is 16.8 Å². The number of para-hydroxylation sites is 1. The summed E-state index contributed by atoms with van der Waals surface area (Å²) >= 11 is 19.6. The van der Waals surface area contributed by atoms with Crippen LogP contribution in [0.15, 0.2) is 65.5 Å². The molecule has 1 fully saturated rings. The number of nitrogens with zero attached hydrogens (tertiary/aromatic N) is 3. The molecule has 0 saturated carbocycles. The van der Waals surface area contributed by atoms with Gasteiger partial charge in [0.05, 0.1) is 26.3 Å². The number of benzene rings is 3. The highest BCUT2D eigenvalue weighted by molar-refractivity contribution is 6.38. The van der Waals surface area contributed by atoms with Crippen LogP contribution in [0.25, 0.3) is 27.7 Å². The summed E-state index contributed by atoms with van der Waals surface area (Å²) in [6.45, 7) is 2.66. The number of pyridine rings is 1. The summed E-state index contributed by atoms with van der Waals surface area (Å²) in [6, 6.07) is 17.5. The van der Waals surface area contributed by atoms with E-state index in [1.165, 1.54) is 18.2 Å². The van der Waals surface area contributed by atoms with E-state index in [0.29, 0.717) is 44.4 Å². The SMILES string of the molecule is CN(C)C1CCN(Cc2cc(-c3ccc(F)cc3Cl)c3ccc(=O)n(-c4c(Cl)cccc4Cl)c3c2)CC1. The molecule has 4 aromatic rings. The first-order valence-electron chi connectivity index (χ1n) is 12.2. The van der Waals surface area contributed by atoms with Crippen molar-refractivity contribution in [2.75, 3.05) is 27.2 Å². The Morgan fingerprint density at radius 2 is 1.59 bits per heavy atom. The van der Waals surface area contributed by atoms with Gasteiger partial charge in [-0.3, -0.25) is 14.3 Å². The van der Waals surface area contributed by atoms with Crippen LogP contribution in [-0.4, -0.2) is 47.6 Å². The van der Waals surface area contributed by atoms with Crippen LogP contribution in [0.3, 0.4) is 0 Å². The van der Waals surface area contributed by atoms with Gasteiger partial charge in [0.1, 0.15) is 5.82 Å². The monoisotopic (exact) mass is 557 g/mol. The lowest BCUT2D eigenvalue weighted by Gasteiger charge is -2.35. The third kappa shape index (κ3) is 5.29. The lowest BCUT2D eigenvalue weighted by molar-refractivity contribution is 0.140. The van der Waals surface area contributed by atoms with Gasteiger partial charge in [-0.1, -0.05) is 40.9 Å². The molecular formula is C29H27Cl3FN3O. The number of likely N-dealkylation sites (tertiary alicyclic amines) is 1. The van der Waals surface area contributed by atoms with E-state index in [1.807, 2.05) is 6.07 Å². The van der Waals surface area contributed by atoms with Crippen LogP contribution in [0.1, 0.15) is 18.4 Å². The molecule has 1 aromatic heterocycles. The molecule has 0 spiro atoms. The number of piperidine rings is 1. The molecule has 2 heterocycles. The zero-order chi connectivity index (χ0) is 26.3. The highest BCUT2D eigenvalue weighted by atomic mass is 35.5. The Morgan fingerprint density at radius 3 is 2.24 bits per heavy atom. The molecule has 1 aliphatic rings. The predicted octanol–water partition coefficient (Wildman–Crippen LogP) is 7.28. The Labute approximate surface area is 230 Å². The molecule has 1 aliphatic heterocycles. The molecule has 0 aliphatic carbocycles. The van der Waals surface area contributed by atoms with Gasteiger partial charge in [-0.25, -0.2) is 4.39 Å². The van der Waals surface area contributed by atoms with Crippen LogP contribution in [-0.2, 0) is 6.54 Å². The zero-order valence-electron chi connectivity index (χ0n) is 20.6. The molecular weight excluding hydrogens is 532 g/mol. The topological polar surface area (TPSA) is 28.5 Å². The smallest absolute Gasteiger partial charge is 0.255 e. The maximum Gasteiger partial charge on any atom is 0.255 e. The minimum absolute atomic E-state index is 0.248. The summed E-state index contributed by atoms with van der Waals surface area (Å²) in [5.74, 6) is -0.405. The predicted molar refractivity (Wildman–Crippen MR) is 152 cm³/mol.